The molecule has 102 valence electrons. The summed E-state index contributed by atoms with van der Waals surface area (Å²) in [6.07, 6.45) is -4.48. The van der Waals surface area contributed by atoms with E-state index in [9.17, 15) is 13.2 Å². The Morgan fingerprint density at radius 3 is 2.44 bits per heavy atom. The van der Waals surface area contributed by atoms with Gasteiger partial charge >= 0.3 is 6.18 Å². The monoisotopic (exact) mass is 263 g/mol. The van der Waals surface area contributed by atoms with Gasteiger partial charge in [-0.25, -0.2) is 4.98 Å². The van der Waals surface area contributed by atoms with E-state index in [4.69, 9.17) is 0 Å². The molecule has 0 aromatic carbocycles. The third-order valence-corrected chi connectivity index (χ3v) is 2.11. The summed E-state index contributed by atoms with van der Waals surface area (Å²) in [4.78, 5) is 9.19. The van der Waals surface area contributed by atoms with Crippen LogP contribution in [-0.4, -0.2) is 49.1 Å². The van der Waals surface area contributed by atoms with E-state index in [0.717, 1.165) is 6.07 Å². The molecule has 0 fully saturated rings. The summed E-state index contributed by atoms with van der Waals surface area (Å²) in [6, 6.07) is 0.899. The Hall–Kier alpha value is -1.57. The number of anilines is 2. The number of hydrogen-bond acceptors (Lipinski definition) is 5. The molecule has 0 saturated carbocycles. The molecule has 0 aliphatic heterocycles. The minimum Gasteiger partial charge on any atom is -0.369 e. The van der Waals surface area contributed by atoms with Crippen molar-refractivity contribution in [3.05, 3.63) is 11.8 Å². The van der Waals surface area contributed by atoms with Crippen LogP contribution in [0.3, 0.4) is 0 Å². The lowest BCUT2D eigenvalue weighted by atomic mass is 10.3. The van der Waals surface area contributed by atoms with Crippen LogP contribution in [0, 0.1) is 0 Å². The molecule has 0 spiro atoms. The molecule has 1 aromatic rings. The van der Waals surface area contributed by atoms with Crippen LogP contribution in [0.1, 0.15) is 5.69 Å². The second-order valence-electron chi connectivity index (χ2n) is 3.94. The molecular formula is C10H16F3N5. The van der Waals surface area contributed by atoms with E-state index in [1.165, 1.54) is 7.05 Å². The van der Waals surface area contributed by atoms with Crippen molar-refractivity contribution in [1.29, 1.82) is 0 Å². The molecule has 1 rings (SSSR count). The van der Waals surface area contributed by atoms with E-state index in [0.29, 0.717) is 13.1 Å². The Labute approximate surface area is 103 Å². The van der Waals surface area contributed by atoms with E-state index >= 15 is 0 Å². The minimum absolute atomic E-state index is 0.0582. The molecule has 0 aliphatic carbocycles. The van der Waals surface area contributed by atoms with Gasteiger partial charge in [0.1, 0.15) is 5.82 Å². The molecule has 0 atom stereocenters. The van der Waals surface area contributed by atoms with Crippen molar-refractivity contribution < 1.29 is 13.2 Å². The number of aromatic nitrogens is 2. The molecule has 0 aliphatic rings. The molecule has 0 amide bonds. The minimum atomic E-state index is -4.48. The highest BCUT2D eigenvalue weighted by Gasteiger charge is 2.33. The zero-order valence-corrected chi connectivity index (χ0v) is 10.5. The first-order valence-electron chi connectivity index (χ1n) is 5.35. The molecule has 1 aromatic heterocycles. The molecule has 8 heteroatoms. The summed E-state index contributed by atoms with van der Waals surface area (Å²) >= 11 is 0. The van der Waals surface area contributed by atoms with Gasteiger partial charge < -0.3 is 15.5 Å². The predicted octanol–water partition coefficient (Wildman–Crippen LogP) is 1.51. The van der Waals surface area contributed by atoms with E-state index in [-0.39, 0.29) is 11.8 Å². The average Bonchev–Trinajstić information content (AvgIpc) is 2.27. The molecule has 0 radical (unpaired) electrons. The second kappa shape index (κ2) is 5.85. The normalized spacial score (nSPS) is 11.7. The summed E-state index contributed by atoms with van der Waals surface area (Å²) < 4.78 is 37.7. The fourth-order valence-electron chi connectivity index (χ4n) is 1.20. The van der Waals surface area contributed by atoms with Gasteiger partial charge in [-0.2, -0.15) is 18.2 Å². The third-order valence-electron chi connectivity index (χ3n) is 2.11. The molecule has 2 N–H and O–H groups in total. The maximum absolute atomic E-state index is 12.6. The zero-order chi connectivity index (χ0) is 13.8. The van der Waals surface area contributed by atoms with Gasteiger partial charge in [-0.3, -0.25) is 0 Å². The Morgan fingerprint density at radius 1 is 1.28 bits per heavy atom. The van der Waals surface area contributed by atoms with Crippen molar-refractivity contribution in [3.8, 4) is 0 Å². The van der Waals surface area contributed by atoms with Crippen LogP contribution in [0.2, 0.25) is 0 Å². The van der Waals surface area contributed by atoms with Gasteiger partial charge in [0, 0.05) is 26.2 Å². The number of halogens is 3. The Kier molecular flexibility index (Phi) is 4.71. The number of nitrogens with one attached hydrogen (secondary N) is 2. The molecule has 0 saturated heterocycles. The zero-order valence-electron chi connectivity index (χ0n) is 10.5. The lowest BCUT2D eigenvalue weighted by Crippen LogP contribution is -2.21. The molecule has 5 nitrogen and oxygen atoms in total. The molecular weight excluding hydrogens is 247 g/mol. The maximum atomic E-state index is 12.6. The van der Waals surface area contributed by atoms with Crippen LogP contribution in [0.15, 0.2) is 6.07 Å². The van der Waals surface area contributed by atoms with Crippen molar-refractivity contribution >= 4 is 11.8 Å². The van der Waals surface area contributed by atoms with Crippen molar-refractivity contribution in [2.24, 2.45) is 0 Å². The van der Waals surface area contributed by atoms with Gasteiger partial charge in [-0.05, 0) is 14.1 Å². The number of rotatable bonds is 5. The SMILES string of the molecule is CNc1nc(NCCN(C)C)cc(C(F)(F)F)n1. The van der Waals surface area contributed by atoms with Crippen LogP contribution in [0.4, 0.5) is 24.9 Å². The summed E-state index contributed by atoms with van der Waals surface area (Å²) in [5, 5.41) is 5.34. The number of alkyl halides is 3. The number of nitrogens with zero attached hydrogens (tertiary/aromatic N) is 3. The van der Waals surface area contributed by atoms with E-state index in [1.807, 2.05) is 19.0 Å². The lowest BCUT2D eigenvalue weighted by Gasteiger charge is -2.13. The van der Waals surface area contributed by atoms with Crippen LogP contribution in [-0.2, 0) is 6.18 Å². The first-order chi connectivity index (χ1) is 8.32. The van der Waals surface area contributed by atoms with E-state index in [2.05, 4.69) is 20.6 Å². The topological polar surface area (TPSA) is 53.1 Å². The van der Waals surface area contributed by atoms with Gasteiger partial charge in [0.2, 0.25) is 5.95 Å². The van der Waals surface area contributed by atoms with Crippen molar-refractivity contribution in [2.75, 3.05) is 44.9 Å². The highest BCUT2D eigenvalue weighted by molar-refractivity contribution is 5.42. The standard InChI is InChI=1S/C10H16F3N5/c1-14-9-16-7(10(11,12)13)6-8(17-9)15-4-5-18(2)3/h6H,4-5H2,1-3H3,(H2,14,15,16,17). The van der Waals surface area contributed by atoms with Gasteiger partial charge in [0.05, 0.1) is 0 Å². The molecule has 1 heterocycles. The van der Waals surface area contributed by atoms with E-state index < -0.39 is 11.9 Å². The Morgan fingerprint density at radius 2 is 1.94 bits per heavy atom. The summed E-state index contributed by atoms with van der Waals surface area (Å²) in [6.45, 7) is 1.20. The van der Waals surface area contributed by atoms with Gasteiger partial charge in [0.25, 0.3) is 0 Å². The van der Waals surface area contributed by atoms with Crippen LogP contribution in [0.25, 0.3) is 0 Å². The largest absolute Gasteiger partial charge is 0.433 e. The molecule has 0 bridgehead atoms. The Balaban J connectivity index is 2.84. The van der Waals surface area contributed by atoms with Crippen molar-refractivity contribution in [3.63, 3.8) is 0 Å². The van der Waals surface area contributed by atoms with Gasteiger partial charge in [-0.1, -0.05) is 0 Å². The fourth-order valence-corrected chi connectivity index (χ4v) is 1.20. The van der Waals surface area contributed by atoms with Crippen LogP contribution < -0.4 is 10.6 Å². The maximum Gasteiger partial charge on any atom is 0.433 e. The quantitative estimate of drug-likeness (QED) is 0.843. The summed E-state index contributed by atoms with van der Waals surface area (Å²) in [5.41, 5.74) is -0.964. The van der Waals surface area contributed by atoms with Crippen LogP contribution in [0.5, 0.6) is 0 Å². The molecule has 0 unspecified atom stereocenters. The average molecular weight is 263 g/mol. The smallest absolute Gasteiger partial charge is 0.369 e. The third kappa shape index (κ3) is 4.36. The van der Waals surface area contributed by atoms with Gasteiger partial charge in [0.15, 0.2) is 5.69 Å². The van der Waals surface area contributed by atoms with Crippen molar-refractivity contribution in [1.82, 2.24) is 14.9 Å². The summed E-state index contributed by atoms with van der Waals surface area (Å²) in [5.74, 6) is 0.0979. The van der Waals surface area contributed by atoms with Crippen molar-refractivity contribution in [2.45, 2.75) is 6.18 Å². The van der Waals surface area contributed by atoms with Gasteiger partial charge in [-0.15, -0.1) is 0 Å². The highest BCUT2D eigenvalue weighted by atomic mass is 19.4. The van der Waals surface area contributed by atoms with Crippen LogP contribution >= 0.6 is 0 Å². The number of likely N-dealkylation sites (N-methyl/N-ethyl adjacent to an activating group) is 1. The second-order valence-corrected chi connectivity index (χ2v) is 3.94. The predicted molar refractivity (Wildman–Crippen MR) is 63.6 cm³/mol. The Bertz CT molecular complexity index is 392. The fraction of sp³-hybridized carbons (Fsp3) is 0.600. The molecule has 18 heavy (non-hydrogen) atoms. The summed E-state index contributed by atoms with van der Waals surface area (Å²) in [7, 11) is 5.22. The highest BCUT2D eigenvalue weighted by Crippen LogP contribution is 2.29. The van der Waals surface area contributed by atoms with E-state index in [1.54, 1.807) is 0 Å². The lowest BCUT2D eigenvalue weighted by molar-refractivity contribution is -0.141. The first-order valence-corrected chi connectivity index (χ1v) is 5.35. The number of hydrogen-bond donors (Lipinski definition) is 2. The first kappa shape index (κ1) is 14.5.